The Balaban J connectivity index is 2.34. The summed E-state index contributed by atoms with van der Waals surface area (Å²) in [7, 11) is 0. The molecule has 0 saturated heterocycles. The van der Waals surface area contributed by atoms with Gasteiger partial charge in [-0.1, -0.05) is 6.42 Å². The van der Waals surface area contributed by atoms with Crippen LogP contribution in [0.1, 0.15) is 36.2 Å². The highest BCUT2D eigenvalue weighted by molar-refractivity contribution is 5.70. The maximum absolute atomic E-state index is 10.7. The number of rotatable bonds is 2. The zero-order chi connectivity index (χ0) is 10.7. The smallest absolute Gasteiger partial charge is 0.309 e. The molecule has 0 bridgehead atoms. The minimum absolute atomic E-state index is 0.0187. The van der Waals surface area contributed by atoms with E-state index in [2.05, 4.69) is 9.97 Å². The van der Waals surface area contributed by atoms with Crippen LogP contribution in [0.3, 0.4) is 0 Å². The van der Waals surface area contributed by atoms with Gasteiger partial charge in [-0.05, 0) is 31.2 Å². The molecule has 80 valence electrons. The van der Waals surface area contributed by atoms with Gasteiger partial charge in [-0.3, -0.25) is 4.79 Å². The summed E-state index contributed by atoms with van der Waals surface area (Å²) in [4.78, 5) is 19.0. The monoisotopic (exact) mass is 206 g/mol. The van der Waals surface area contributed by atoms with Crippen molar-refractivity contribution >= 4 is 5.97 Å². The van der Waals surface area contributed by atoms with E-state index < -0.39 is 5.97 Å². The first kappa shape index (κ1) is 10.1. The van der Waals surface area contributed by atoms with Gasteiger partial charge in [0.1, 0.15) is 6.33 Å². The molecule has 1 aliphatic carbocycles. The Labute approximate surface area is 88.4 Å². The molecular formula is C11H14N2O2. The van der Waals surface area contributed by atoms with Crippen LogP contribution in [0.15, 0.2) is 6.33 Å². The molecule has 2 rings (SSSR count). The van der Waals surface area contributed by atoms with Crippen LogP contribution in [-0.2, 0) is 24.1 Å². The molecule has 4 nitrogen and oxygen atoms in total. The van der Waals surface area contributed by atoms with Gasteiger partial charge in [-0.2, -0.15) is 0 Å². The number of hydrogen-bond acceptors (Lipinski definition) is 3. The highest BCUT2D eigenvalue weighted by Gasteiger charge is 2.15. The summed E-state index contributed by atoms with van der Waals surface area (Å²) >= 11 is 0. The average Bonchev–Trinajstić information content (AvgIpc) is 2.42. The van der Waals surface area contributed by atoms with E-state index in [-0.39, 0.29) is 6.42 Å². The van der Waals surface area contributed by atoms with Crippen molar-refractivity contribution in [1.29, 1.82) is 0 Å². The van der Waals surface area contributed by atoms with Crippen LogP contribution in [-0.4, -0.2) is 21.0 Å². The normalized spacial score (nSPS) is 15.5. The highest BCUT2D eigenvalue weighted by atomic mass is 16.4. The number of carboxylic acid groups (broad SMARTS) is 1. The lowest BCUT2D eigenvalue weighted by atomic mass is 10.0. The van der Waals surface area contributed by atoms with E-state index in [0.717, 1.165) is 36.9 Å². The van der Waals surface area contributed by atoms with Crippen LogP contribution >= 0.6 is 0 Å². The molecule has 0 aliphatic heterocycles. The molecule has 0 spiro atoms. The molecule has 1 aromatic rings. The van der Waals surface area contributed by atoms with E-state index in [1.54, 1.807) is 0 Å². The van der Waals surface area contributed by atoms with Crippen molar-refractivity contribution in [2.45, 2.75) is 38.5 Å². The van der Waals surface area contributed by atoms with Gasteiger partial charge in [-0.15, -0.1) is 0 Å². The second-order valence-electron chi connectivity index (χ2n) is 3.88. The number of aliphatic carboxylic acids is 1. The molecule has 15 heavy (non-hydrogen) atoms. The number of carboxylic acids is 1. The molecule has 1 heterocycles. The van der Waals surface area contributed by atoms with Crippen LogP contribution in [0, 0.1) is 0 Å². The quantitative estimate of drug-likeness (QED) is 0.742. The van der Waals surface area contributed by atoms with Crippen LogP contribution in [0.25, 0.3) is 0 Å². The molecule has 0 radical (unpaired) electrons. The lowest BCUT2D eigenvalue weighted by Crippen LogP contribution is -2.09. The van der Waals surface area contributed by atoms with Gasteiger partial charge < -0.3 is 5.11 Å². The molecule has 0 unspecified atom stereocenters. The van der Waals surface area contributed by atoms with Crippen molar-refractivity contribution in [3.8, 4) is 0 Å². The largest absolute Gasteiger partial charge is 0.481 e. The van der Waals surface area contributed by atoms with Gasteiger partial charge in [0.25, 0.3) is 0 Å². The third kappa shape index (κ3) is 2.32. The molecule has 0 atom stereocenters. The Kier molecular flexibility index (Phi) is 2.94. The van der Waals surface area contributed by atoms with Crippen LogP contribution in [0.4, 0.5) is 0 Å². The van der Waals surface area contributed by atoms with Gasteiger partial charge in [0.15, 0.2) is 0 Å². The number of carbonyl (C=O) groups is 1. The zero-order valence-corrected chi connectivity index (χ0v) is 8.57. The summed E-state index contributed by atoms with van der Waals surface area (Å²) in [5, 5.41) is 8.78. The predicted octanol–water partition coefficient (Wildman–Crippen LogP) is 1.37. The van der Waals surface area contributed by atoms with E-state index in [4.69, 9.17) is 5.11 Å². The van der Waals surface area contributed by atoms with Crippen molar-refractivity contribution in [2.24, 2.45) is 0 Å². The first-order valence-corrected chi connectivity index (χ1v) is 5.31. The molecule has 0 saturated carbocycles. The van der Waals surface area contributed by atoms with E-state index in [1.807, 2.05) is 0 Å². The fraction of sp³-hybridized carbons (Fsp3) is 0.545. The highest BCUT2D eigenvalue weighted by Crippen LogP contribution is 2.20. The van der Waals surface area contributed by atoms with Crippen molar-refractivity contribution in [3.63, 3.8) is 0 Å². The van der Waals surface area contributed by atoms with Crippen molar-refractivity contribution in [1.82, 2.24) is 9.97 Å². The predicted molar refractivity (Wildman–Crippen MR) is 54.6 cm³/mol. The first-order valence-electron chi connectivity index (χ1n) is 5.31. The molecule has 1 N–H and O–H groups in total. The topological polar surface area (TPSA) is 63.1 Å². The van der Waals surface area contributed by atoms with E-state index in [1.165, 1.54) is 12.7 Å². The fourth-order valence-corrected chi connectivity index (χ4v) is 2.06. The molecular weight excluding hydrogens is 192 g/mol. The summed E-state index contributed by atoms with van der Waals surface area (Å²) in [6, 6.07) is 0. The molecule has 0 aromatic carbocycles. The Morgan fingerprint density at radius 1 is 1.27 bits per heavy atom. The minimum atomic E-state index is -0.819. The molecule has 1 aromatic heterocycles. The van der Waals surface area contributed by atoms with Crippen molar-refractivity contribution < 1.29 is 9.90 Å². The Hall–Kier alpha value is -1.45. The Morgan fingerprint density at radius 2 is 2.07 bits per heavy atom. The van der Waals surface area contributed by atoms with Gasteiger partial charge in [0.2, 0.25) is 0 Å². The lowest BCUT2D eigenvalue weighted by Gasteiger charge is -2.08. The fourth-order valence-electron chi connectivity index (χ4n) is 2.06. The second-order valence-corrected chi connectivity index (χ2v) is 3.88. The van der Waals surface area contributed by atoms with Crippen LogP contribution < -0.4 is 0 Å². The van der Waals surface area contributed by atoms with E-state index in [9.17, 15) is 4.79 Å². The van der Waals surface area contributed by atoms with Gasteiger partial charge >= 0.3 is 5.97 Å². The summed E-state index contributed by atoms with van der Waals surface area (Å²) in [6.45, 7) is 0. The first-order chi connectivity index (χ1) is 7.27. The SMILES string of the molecule is O=C(O)Cc1ncnc2c1CCCCC2. The van der Waals surface area contributed by atoms with Crippen LogP contribution in [0.5, 0.6) is 0 Å². The summed E-state index contributed by atoms with van der Waals surface area (Å²) in [5.41, 5.74) is 2.84. The molecule has 1 aliphatic rings. The Bertz CT molecular complexity index is 377. The van der Waals surface area contributed by atoms with Gasteiger partial charge in [0.05, 0.1) is 12.1 Å². The average molecular weight is 206 g/mol. The molecule has 0 fully saturated rings. The Morgan fingerprint density at radius 3 is 2.87 bits per heavy atom. The van der Waals surface area contributed by atoms with Crippen LogP contribution in [0.2, 0.25) is 0 Å². The van der Waals surface area contributed by atoms with Gasteiger partial charge in [-0.25, -0.2) is 9.97 Å². The van der Waals surface area contributed by atoms with Crippen molar-refractivity contribution in [2.75, 3.05) is 0 Å². The summed E-state index contributed by atoms with van der Waals surface area (Å²) < 4.78 is 0. The van der Waals surface area contributed by atoms with Gasteiger partial charge in [0, 0.05) is 5.69 Å². The molecule has 4 heteroatoms. The third-order valence-electron chi connectivity index (χ3n) is 2.78. The van der Waals surface area contributed by atoms with E-state index >= 15 is 0 Å². The number of hydrogen-bond donors (Lipinski definition) is 1. The maximum atomic E-state index is 10.7. The maximum Gasteiger partial charge on any atom is 0.309 e. The minimum Gasteiger partial charge on any atom is -0.481 e. The standard InChI is InChI=1S/C11H14N2O2/c14-11(15)6-10-8-4-2-1-3-5-9(8)12-7-13-10/h7H,1-6H2,(H,14,15). The lowest BCUT2D eigenvalue weighted by molar-refractivity contribution is -0.136. The number of fused-ring (bicyclic) bond motifs is 1. The number of aryl methyl sites for hydroxylation is 1. The number of aromatic nitrogens is 2. The third-order valence-corrected chi connectivity index (χ3v) is 2.78. The summed E-state index contributed by atoms with van der Waals surface area (Å²) in [6.07, 6.45) is 6.86. The summed E-state index contributed by atoms with van der Waals surface area (Å²) in [5.74, 6) is -0.819. The van der Waals surface area contributed by atoms with Crippen molar-refractivity contribution in [3.05, 3.63) is 23.3 Å². The number of nitrogens with zero attached hydrogens (tertiary/aromatic N) is 2. The van der Waals surface area contributed by atoms with E-state index in [0.29, 0.717) is 5.69 Å². The molecule has 0 amide bonds. The zero-order valence-electron chi connectivity index (χ0n) is 8.57. The second kappa shape index (κ2) is 4.38.